The molecule has 0 fully saturated rings. The number of fused-ring (bicyclic) bond motifs is 1. The monoisotopic (exact) mass is 299 g/mol. The molecule has 104 valence electrons. The van der Waals surface area contributed by atoms with E-state index >= 15 is 0 Å². The van der Waals surface area contributed by atoms with Crippen LogP contribution in [0.3, 0.4) is 0 Å². The van der Waals surface area contributed by atoms with Crippen molar-refractivity contribution < 1.29 is 13.2 Å². The third kappa shape index (κ3) is 2.51. The van der Waals surface area contributed by atoms with E-state index in [0.29, 0.717) is 5.75 Å². The molecule has 0 bridgehead atoms. The van der Waals surface area contributed by atoms with Gasteiger partial charge < -0.3 is 0 Å². The molecule has 0 radical (unpaired) electrons. The first-order chi connectivity index (χ1) is 9.02. The van der Waals surface area contributed by atoms with Crippen LogP contribution in [-0.2, 0) is 10.0 Å². The van der Waals surface area contributed by atoms with Crippen molar-refractivity contribution in [2.45, 2.75) is 24.7 Å². The predicted molar refractivity (Wildman–Crippen MR) is 76.9 cm³/mol. The van der Waals surface area contributed by atoms with Gasteiger partial charge in [0.1, 0.15) is 4.90 Å². The third-order valence-corrected chi connectivity index (χ3v) is 5.61. The van der Waals surface area contributed by atoms with E-state index in [4.69, 9.17) is 0 Å². The van der Waals surface area contributed by atoms with E-state index in [1.165, 1.54) is 6.07 Å². The molecule has 0 N–H and O–H groups in total. The average molecular weight is 299 g/mol. The standard InChI is InChI=1S/C13H17NO3S2/c1-2-5-10(9-18)8-14-13(15)11-6-3-4-7-12(11)19(14,16)17/h3-4,6-7,10,18H,2,5,8-9H2,1H3. The third-order valence-electron chi connectivity index (χ3n) is 3.29. The van der Waals surface area contributed by atoms with Crippen LogP contribution >= 0.6 is 12.6 Å². The Labute approximate surface area is 119 Å². The lowest BCUT2D eigenvalue weighted by atomic mass is 10.1. The quantitative estimate of drug-likeness (QED) is 0.848. The van der Waals surface area contributed by atoms with Crippen molar-refractivity contribution in [3.05, 3.63) is 29.8 Å². The summed E-state index contributed by atoms with van der Waals surface area (Å²) in [6.07, 6.45) is 1.80. The summed E-state index contributed by atoms with van der Waals surface area (Å²) in [5.41, 5.74) is 0.275. The molecule has 1 aliphatic heterocycles. The van der Waals surface area contributed by atoms with Gasteiger partial charge in [0.05, 0.1) is 5.56 Å². The maximum atomic E-state index is 12.3. The number of thiol groups is 1. The van der Waals surface area contributed by atoms with Crippen LogP contribution in [0, 0.1) is 5.92 Å². The van der Waals surface area contributed by atoms with Gasteiger partial charge in [-0.3, -0.25) is 4.79 Å². The van der Waals surface area contributed by atoms with Crippen LogP contribution in [0.1, 0.15) is 30.1 Å². The van der Waals surface area contributed by atoms with Crippen molar-refractivity contribution >= 4 is 28.6 Å². The lowest BCUT2D eigenvalue weighted by Crippen LogP contribution is -2.35. The minimum Gasteiger partial charge on any atom is -0.268 e. The van der Waals surface area contributed by atoms with Crippen LogP contribution in [0.2, 0.25) is 0 Å². The largest absolute Gasteiger partial charge is 0.269 e. The van der Waals surface area contributed by atoms with Gasteiger partial charge in [-0.1, -0.05) is 25.5 Å². The molecule has 1 aromatic rings. The molecule has 4 nitrogen and oxygen atoms in total. The van der Waals surface area contributed by atoms with E-state index in [-0.39, 0.29) is 22.9 Å². The molecule has 1 aromatic carbocycles. The van der Waals surface area contributed by atoms with Gasteiger partial charge >= 0.3 is 0 Å². The number of hydrogen-bond donors (Lipinski definition) is 1. The smallest absolute Gasteiger partial charge is 0.268 e. The maximum Gasteiger partial charge on any atom is 0.269 e. The van der Waals surface area contributed by atoms with Crippen molar-refractivity contribution in [2.24, 2.45) is 5.92 Å². The van der Waals surface area contributed by atoms with Crippen LogP contribution in [0.25, 0.3) is 0 Å². The second-order valence-electron chi connectivity index (χ2n) is 4.67. The summed E-state index contributed by atoms with van der Waals surface area (Å²) in [6.45, 7) is 2.25. The zero-order chi connectivity index (χ0) is 14.0. The second kappa shape index (κ2) is 5.54. The molecule has 0 saturated carbocycles. The van der Waals surface area contributed by atoms with Gasteiger partial charge in [0.15, 0.2) is 0 Å². The SMILES string of the molecule is CCCC(CS)CN1C(=O)c2ccccc2S1(=O)=O. The second-order valence-corrected chi connectivity index (χ2v) is 6.87. The van der Waals surface area contributed by atoms with E-state index < -0.39 is 15.9 Å². The van der Waals surface area contributed by atoms with Crippen molar-refractivity contribution in [2.75, 3.05) is 12.3 Å². The Morgan fingerprint density at radius 1 is 1.32 bits per heavy atom. The highest BCUT2D eigenvalue weighted by molar-refractivity contribution is 7.90. The van der Waals surface area contributed by atoms with Gasteiger partial charge in [0.2, 0.25) is 0 Å². The van der Waals surface area contributed by atoms with Crippen molar-refractivity contribution in [3.63, 3.8) is 0 Å². The zero-order valence-corrected chi connectivity index (χ0v) is 12.5. The van der Waals surface area contributed by atoms with Gasteiger partial charge in [0, 0.05) is 6.54 Å². The van der Waals surface area contributed by atoms with E-state index in [1.807, 2.05) is 6.92 Å². The highest BCUT2D eigenvalue weighted by Gasteiger charge is 2.41. The molecule has 0 aromatic heterocycles. The number of sulfonamides is 1. The molecule has 1 aliphatic rings. The molecule has 19 heavy (non-hydrogen) atoms. The van der Waals surface area contributed by atoms with Crippen molar-refractivity contribution in [1.29, 1.82) is 0 Å². The first-order valence-electron chi connectivity index (χ1n) is 6.29. The first-order valence-corrected chi connectivity index (χ1v) is 8.36. The molecule has 1 atom stereocenters. The first kappa shape index (κ1) is 14.4. The Bertz CT molecular complexity index is 583. The molecule has 0 spiro atoms. The summed E-state index contributed by atoms with van der Waals surface area (Å²) in [7, 11) is -3.67. The summed E-state index contributed by atoms with van der Waals surface area (Å²) in [5.74, 6) is 0.253. The summed E-state index contributed by atoms with van der Waals surface area (Å²) in [6, 6.07) is 6.36. The number of carbonyl (C=O) groups excluding carboxylic acids is 1. The molecule has 2 rings (SSSR count). The molecule has 0 saturated heterocycles. The zero-order valence-electron chi connectivity index (χ0n) is 10.7. The fourth-order valence-electron chi connectivity index (χ4n) is 2.29. The van der Waals surface area contributed by atoms with Gasteiger partial charge in [-0.05, 0) is 30.2 Å². The molecule has 6 heteroatoms. The van der Waals surface area contributed by atoms with Crippen LogP contribution in [0.5, 0.6) is 0 Å². The van der Waals surface area contributed by atoms with Crippen LogP contribution in [0.15, 0.2) is 29.2 Å². The number of hydrogen-bond acceptors (Lipinski definition) is 4. The predicted octanol–water partition coefficient (Wildman–Crippen LogP) is 2.18. The van der Waals surface area contributed by atoms with Crippen molar-refractivity contribution in [1.82, 2.24) is 4.31 Å². The minimum absolute atomic E-state index is 0.0985. The molecule has 0 aliphatic carbocycles. The fourth-order valence-corrected chi connectivity index (χ4v) is 4.24. The van der Waals surface area contributed by atoms with Gasteiger partial charge in [-0.2, -0.15) is 12.6 Å². The summed E-state index contributed by atoms with van der Waals surface area (Å²) >= 11 is 4.24. The highest BCUT2D eigenvalue weighted by Crippen LogP contribution is 2.31. The fraction of sp³-hybridized carbons (Fsp3) is 0.462. The van der Waals surface area contributed by atoms with E-state index in [9.17, 15) is 13.2 Å². The van der Waals surface area contributed by atoms with E-state index in [1.54, 1.807) is 18.2 Å². The lowest BCUT2D eigenvalue weighted by molar-refractivity contribution is 0.0858. The minimum atomic E-state index is -3.67. The Balaban J connectivity index is 2.32. The lowest BCUT2D eigenvalue weighted by Gasteiger charge is -2.21. The number of carbonyl (C=O) groups is 1. The number of nitrogens with zero attached hydrogens (tertiary/aromatic N) is 1. The number of benzene rings is 1. The summed E-state index contributed by atoms with van der Waals surface area (Å²) in [5, 5.41) is 0. The Hall–Kier alpha value is -1.01. The summed E-state index contributed by atoms with van der Waals surface area (Å²) in [4.78, 5) is 12.3. The Kier molecular flexibility index (Phi) is 4.20. The normalized spacial score (nSPS) is 18.4. The maximum absolute atomic E-state index is 12.3. The molecular weight excluding hydrogens is 282 g/mol. The van der Waals surface area contributed by atoms with Gasteiger partial charge in [0.25, 0.3) is 15.9 Å². The average Bonchev–Trinajstić information content (AvgIpc) is 2.60. The Morgan fingerprint density at radius 2 is 2.00 bits per heavy atom. The number of amides is 1. The van der Waals surface area contributed by atoms with Crippen LogP contribution in [-0.4, -0.2) is 30.9 Å². The van der Waals surface area contributed by atoms with Gasteiger partial charge in [-0.25, -0.2) is 12.7 Å². The summed E-state index contributed by atoms with van der Waals surface area (Å²) < 4.78 is 25.7. The van der Waals surface area contributed by atoms with Crippen LogP contribution in [0.4, 0.5) is 0 Å². The highest BCUT2D eigenvalue weighted by atomic mass is 32.2. The Morgan fingerprint density at radius 3 is 2.58 bits per heavy atom. The molecule has 1 unspecified atom stereocenters. The van der Waals surface area contributed by atoms with Crippen molar-refractivity contribution in [3.8, 4) is 0 Å². The van der Waals surface area contributed by atoms with Crippen LogP contribution < -0.4 is 0 Å². The number of rotatable bonds is 5. The molecule has 1 amide bonds. The molecular formula is C13H17NO3S2. The van der Waals surface area contributed by atoms with E-state index in [2.05, 4.69) is 12.6 Å². The van der Waals surface area contributed by atoms with Gasteiger partial charge in [-0.15, -0.1) is 0 Å². The molecule has 1 heterocycles. The topological polar surface area (TPSA) is 54.5 Å². The van der Waals surface area contributed by atoms with E-state index in [0.717, 1.165) is 17.1 Å².